The van der Waals surface area contributed by atoms with Crippen molar-refractivity contribution in [2.45, 2.75) is 51.0 Å². The number of fused-ring (bicyclic) bond motifs is 1. The predicted octanol–water partition coefficient (Wildman–Crippen LogP) is 2.25. The zero-order valence-corrected chi connectivity index (χ0v) is 10.5. The van der Waals surface area contributed by atoms with Crippen LogP contribution in [-0.4, -0.2) is 37.1 Å². The van der Waals surface area contributed by atoms with Crippen LogP contribution in [0.15, 0.2) is 0 Å². The Kier molecular flexibility index (Phi) is 3.49. The Bertz CT molecular complexity index is 223. The first-order chi connectivity index (χ1) is 7.93. The maximum Gasteiger partial charge on any atom is 0.0124 e. The van der Waals surface area contributed by atoms with E-state index < -0.39 is 0 Å². The summed E-state index contributed by atoms with van der Waals surface area (Å²) in [4.78, 5) is 2.85. The van der Waals surface area contributed by atoms with Gasteiger partial charge in [-0.1, -0.05) is 12.8 Å². The van der Waals surface area contributed by atoms with Crippen LogP contribution in [0.5, 0.6) is 0 Å². The zero-order chi connectivity index (χ0) is 10.8. The molecule has 1 N–H and O–H groups in total. The molecule has 92 valence electrons. The third-order valence-electron chi connectivity index (χ3n) is 5.08. The van der Waals surface area contributed by atoms with Crippen LogP contribution < -0.4 is 5.32 Å². The Morgan fingerprint density at radius 2 is 1.75 bits per heavy atom. The molecule has 3 rings (SSSR count). The molecule has 0 amide bonds. The van der Waals surface area contributed by atoms with E-state index in [1.54, 1.807) is 0 Å². The summed E-state index contributed by atoms with van der Waals surface area (Å²) in [5.41, 5.74) is 0. The fraction of sp³-hybridized carbons (Fsp3) is 1.00. The minimum Gasteiger partial charge on any atom is -0.317 e. The van der Waals surface area contributed by atoms with E-state index in [4.69, 9.17) is 0 Å². The van der Waals surface area contributed by atoms with Crippen LogP contribution in [0.25, 0.3) is 0 Å². The van der Waals surface area contributed by atoms with E-state index in [9.17, 15) is 0 Å². The van der Waals surface area contributed by atoms with E-state index >= 15 is 0 Å². The van der Waals surface area contributed by atoms with Crippen molar-refractivity contribution in [3.05, 3.63) is 0 Å². The lowest BCUT2D eigenvalue weighted by atomic mass is 9.85. The van der Waals surface area contributed by atoms with E-state index in [1.807, 2.05) is 0 Å². The monoisotopic (exact) mass is 222 g/mol. The lowest BCUT2D eigenvalue weighted by Crippen LogP contribution is -2.40. The van der Waals surface area contributed by atoms with Gasteiger partial charge in [-0.25, -0.2) is 0 Å². The summed E-state index contributed by atoms with van der Waals surface area (Å²) in [6.07, 6.45) is 10.3. The molecule has 3 fully saturated rings. The highest BCUT2D eigenvalue weighted by atomic mass is 15.2. The highest BCUT2D eigenvalue weighted by Crippen LogP contribution is 2.36. The molecular formula is C14H26N2. The first-order valence-electron chi connectivity index (χ1n) is 7.38. The molecule has 2 saturated heterocycles. The molecule has 2 aliphatic heterocycles. The van der Waals surface area contributed by atoms with Crippen molar-refractivity contribution < 1.29 is 0 Å². The summed E-state index contributed by atoms with van der Waals surface area (Å²) >= 11 is 0. The van der Waals surface area contributed by atoms with E-state index in [2.05, 4.69) is 10.2 Å². The number of nitrogens with zero attached hydrogens (tertiary/aromatic N) is 1. The summed E-state index contributed by atoms with van der Waals surface area (Å²) in [5.74, 6) is 2.05. The molecule has 2 atom stereocenters. The molecular weight excluding hydrogens is 196 g/mol. The second kappa shape index (κ2) is 5.05. The van der Waals surface area contributed by atoms with Crippen LogP contribution in [0.4, 0.5) is 0 Å². The van der Waals surface area contributed by atoms with Gasteiger partial charge in [0.1, 0.15) is 0 Å². The van der Waals surface area contributed by atoms with Crippen LogP contribution in [0.3, 0.4) is 0 Å². The molecule has 2 heterocycles. The fourth-order valence-corrected chi connectivity index (χ4v) is 4.13. The molecule has 0 aromatic carbocycles. The molecule has 16 heavy (non-hydrogen) atoms. The maximum absolute atomic E-state index is 3.48. The second-order valence-electron chi connectivity index (χ2n) is 6.09. The van der Waals surface area contributed by atoms with Gasteiger partial charge in [0.25, 0.3) is 0 Å². The van der Waals surface area contributed by atoms with Crippen LogP contribution in [0.1, 0.15) is 44.9 Å². The summed E-state index contributed by atoms with van der Waals surface area (Å²) < 4.78 is 0. The Hall–Kier alpha value is -0.0800. The smallest absolute Gasteiger partial charge is 0.0124 e. The standard InChI is InChI=1S/C14H26N2/c1-2-4-14-13(3-1)7-10-16(14)11-12-5-8-15-9-6-12/h12-15H,1-11H2. The van der Waals surface area contributed by atoms with Crippen LogP contribution in [-0.2, 0) is 0 Å². The number of hydrogen-bond acceptors (Lipinski definition) is 2. The number of likely N-dealkylation sites (tertiary alicyclic amines) is 1. The molecule has 2 heteroatoms. The molecule has 0 radical (unpaired) electrons. The Morgan fingerprint density at radius 1 is 0.938 bits per heavy atom. The van der Waals surface area contributed by atoms with Crippen molar-refractivity contribution in [1.82, 2.24) is 10.2 Å². The third-order valence-corrected chi connectivity index (χ3v) is 5.08. The van der Waals surface area contributed by atoms with E-state index in [0.717, 1.165) is 17.9 Å². The Labute approximate surface area is 99.8 Å². The third kappa shape index (κ3) is 2.28. The summed E-state index contributed by atoms with van der Waals surface area (Å²) in [5, 5.41) is 3.48. The molecule has 1 aliphatic carbocycles. The van der Waals surface area contributed by atoms with Gasteiger partial charge in [-0.3, -0.25) is 4.90 Å². The number of hydrogen-bond donors (Lipinski definition) is 1. The first kappa shape index (κ1) is 11.0. The topological polar surface area (TPSA) is 15.3 Å². The summed E-state index contributed by atoms with van der Waals surface area (Å²) in [6.45, 7) is 5.32. The Balaban J connectivity index is 1.54. The van der Waals surface area contributed by atoms with E-state index in [0.29, 0.717) is 0 Å². The van der Waals surface area contributed by atoms with Crippen molar-refractivity contribution in [1.29, 1.82) is 0 Å². The molecule has 1 saturated carbocycles. The number of rotatable bonds is 2. The van der Waals surface area contributed by atoms with Crippen molar-refractivity contribution in [2.75, 3.05) is 26.2 Å². The molecule has 0 aromatic rings. The van der Waals surface area contributed by atoms with Gasteiger partial charge in [-0.2, -0.15) is 0 Å². The summed E-state index contributed by atoms with van der Waals surface area (Å²) in [6, 6.07) is 0.976. The molecule has 3 aliphatic rings. The van der Waals surface area contributed by atoms with Crippen LogP contribution in [0.2, 0.25) is 0 Å². The number of nitrogens with one attached hydrogen (secondary N) is 1. The predicted molar refractivity (Wildman–Crippen MR) is 67.5 cm³/mol. The van der Waals surface area contributed by atoms with Crippen molar-refractivity contribution in [2.24, 2.45) is 11.8 Å². The fourth-order valence-electron chi connectivity index (χ4n) is 4.13. The van der Waals surface area contributed by atoms with E-state index in [-0.39, 0.29) is 0 Å². The zero-order valence-electron chi connectivity index (χ0n) is 10.5. The van der Waals surface area contributed by atoms with Crippen LogP contribution >= 0.6 is 0 Å². The molecule has 2 unspecified atom stereocenters. The molecule has 0 spiro atoms. The van der Waals surface area contributed by atoms with Gasteiger partial charge in [0, 0.05) is 12.6 Å². The molecule has 0 aromatic heterocycles. The van der Waals surface area contributed by atoms with Gasteiger partial charge in [0.05, 0.1) is 0 Å². The van der Waals surface area contributed by atoms with Crippen molar-refractivity contribution >= 4 is 0 Å². The highest BCUT2D eigenvalue weighted by Gasteiger charge is 2.36. The Morgan fingerprint density at radius 3 is 2.62 bits per heavy atom. The summed E-state index contributed by atoms with van der Waals surface area (Å²) in [7, 11) is 0. The number of piperidine rings is 1. The van der Waals surface area contributed by atoms with Crippen molar-refractivity contribution in [3.63, 3.8) is 0 Å². The molecule has 2 nitrogen and oxygen atoms in total. The van der Waals surface area contributed by atoms with Gasteiger partial charge in [-0.15, -0.1) is 0 Å². The SMILES string of the molecule is C1CCC2C(C1)CCN2CC1CCNCC1. The minimum atomic E-state index is 0.976. The van der Waals surface area contributed by atoms with Gasteiger partial charge < -0.3 is 5.32 Å². The first-order valence-corrected chi connectivity index (χ1v) is 7.38. The van der Waals surface area contributed by atoms with Crippen molar-refractivity contribution in [3.8, 4) is 0 Å². The van der Waals surface area contributed by atoms with Gasteiger partial charge >= 0.3 is 0 Å². The average Bonchev–Trinajstić information content (AvgIpc) is 2.74. The second-order valence-corrected chi connectivity index (χ2v) is 6.09. The largest absolute Gasteiger partial charge is 0.317 e. The lowest BCUT2D eigenvalue weighted by molar-refractivity contribution is 0.148. The van der Waals surface area contributed by atoms with Crippen LogP contribution in [0, 0.1) is 11.8 Å². The average molecular weight is 222 g/mol. The lowest BCUT2D eigenvalue weighted by Gasteiger charge is -2.35. The highest BCUT2D eigenvalue weighted by molar-refractivity contribution is 4.90. The van der Waals surface area contributed by atoms with Gasteiger partial charge in [0.15, 0.2) is 0 Å². The van der Waals surface area contributed by atoms with E-state index in [1.165, 1.54) is 71.1 Å². The normalized spacial score (nSPS) is 37.5. The maximum atomic E-state index is 3.48. The van der Waals surface area contributed by atoms with Gasteiger partial charge in [-0.05, 0) is 63.6 Å². The minimum absolute atomic E-state index is 0.976. The van der Waals surface area contributed by atoms with Gasteiger partial charge in [0.2, 0.25) is 0 Å². The molecule has 0 bridgehead atoms. The quantitative estimate of drug-likeness (QED) is 0.771.